The van der Waals surface area contributed by atoms with Crippen LogP contribution in [0.1, 0.15) is 77.4 Å². The van der Waals surface area contributed by atoms with Gasteiger partial charge in [-0.15, -0.1) is 0 Å². The number of aliphatic hydroxyl groups excluding tert-OH is 3. The molecule has 6 atom stereocenters. The van der Waals surface area contributed by atoms with Crippen LogP contribution in [0.3, 0.4) is 0 Å². The second-order valence-corrected chi connectivity index (χ2v) is 11.6. The lowest BCUT2D eigenvalue weighted by molar-refractivity contribution is -0.192. The highest BCUT2D eigenvalue weighted by Gasteiger charge is 2.82. The highest BCUT2D eigenvalue weighted by Crippen LogP contribution is 2.74. The number of phenolic OH excluding ortho intramolecular Hbond substituents is 4. The lowest BCUT2D eigenvalue weighted by Gasteiger charge is -2.68. The van der Waals surface area contributed by atoms with E-state index in [1.165, 1.54) is 13.8 Å². The van der Waals surface area contributed by atoms with Crippen molar-refractivity contribution in [3.05, 3.63) is 62.2 Å². The number of Topliss-reactive ketones (excluding diaryl/α,β-unsaturated/α-hetero) is 4. The van der Waals surface area contributed by atoms with Gasteiger partial charge in [0.1, 0.15) is 28.8 Å². The van der Waals surface area contributed by atoms with Crippen LogP contribution in [0.25, 0.3) is 5.76 Å². The van der Waals surface area contributed by atoms with Crippen LogP contribution in [0, 0.1) is 24.2 Å². The van der Waals surface area contributed by atoms with Crippen molar-refractivity contribution >= 4 is 34.7 Å². The Balaban J connectivity index is 1.51. The minimum atomic E-state index is -2.05. The van der Waals surface area contributed by atoms with E-state index in [-0.39, 0.29) is 11.1 Å². The van der Waals surface area contributed by atoms with Gasteiger partial charge in [0.05, 0.1) is 56.9 Å². The summed E-state index contributed by atoms with van der Waals surface area (Å²) in [7, 11) is 0. The standard InChI is InChI=1S/C30H22O12/c1-6-3-8(31)14-17(22(6)35)25(38)16-12(10(33)5-11(34)13(16)24(14)37)19-27(40)21-28(41)20-26(39)15-9(32)4-7(2)23(36)18(15)29(42)30(19,20)21/h3-4,10,12,19,21,27,32-33,36-40H,5H2,1-2H3. The van der Waals surface area contributed by atoms with E-state index in [1.807, 2.05) is 0 Å². The van der Waals surface area contributed by atoms with Gasteiger partial charge in [-0.25, -0.2) is 0 Å². The summed E-state index contributed by atoms with van der Waals surface area (Å²) in [5.74, 6) is -12.7. The Hall–Kier alpha value is -4.81. The largest absolute Gasteiger partial charge is 0.507 e. The van der Waals surface area contributed by atoms with E-state index in [0.29, 0.717) is 0 Å². The lowest BCUT2D eigenvalue weighted by Crippen LogP contribution is -2.78. The predicted octanol–water partition coefficient (Wildman–Crippen LogP) is 1.52. The van der Waals surface area contributed by atoms with Crippen molar-refractivity contribution in [2.75, 3.05) is 0 Å². The Bertz CT molecular complexity index is 1880. The summed E-state index contributed by atoms with van der Waals surface area (Å²) in [5, 5.41) is 77.6. The van der Waals surface area contributed by atoms with Crippen LogP contribution in [-0.2, 0) is 4.79 Å². The number of rotatable bonds is 1. The van der Waals surface area contributed by atoms with Crippen molar-refractivity contribution in [3.8, 4) is 23.0 Å². The van der Waals surface area contributed by atoms with E-state index in [2.05, 4.69) is 0 Å². The maximum absolute atomic E-state index is 14.2. The first-order valence-electron chi connectivity index (χ1n) is 13.1. The van der Waals surface area contributed by atoms with Gasteiger partial charge in [0, 0.05) is 29.4 Å². The molecule has 12 nitrogen and oxygen atoms in total. The number of carbonyl (C=O) groups is 5. The number of hydrogen-bond acceptors (Lipinski definition) is 12. The van der Waals surface area contributed by atoms with Crippen LogP contribution >= 0.6 is 0 Å². The van der Waals surface area contributed by atoms with E-state index in [9.17, 15) is 59.7 Å². The van der Waals surface area contributed by atoms with Crippen molar-refractivity contribution in [1.29, 1.82) is 0 Å². The molecule has 12 heteroatoms. The third-order valence-corrected chi connectivity index (χ3v) is 9.69. The van der Waals surface area contributed by atoms with E-state index in [1.54, 1.807) is 0 Å². The van der Waals surface area contributed by atoms with Gasteiger partial charge in [-0.2, -0.15) is 0 Å². The lowest BCUT2D eigenvalue weighted by atomic mass is 9.32. The zero-order valence-electron chi connectivity index (χ0n) is 21.9. The fourth-order valence-corrected chi connectivity index (χ4v) is 7.97. The van der Waals surface area contributed by atoms with Gasteiger partial charge in [-0.3, -0.25) is 24.0 Å². The first kappa shape index (κ1) is 26.1. The summed E-state index contributed by atoms with van der Waals surface area (Å²) < 4.78 is 0. The number of aromatic hydroxyl groups is 4. The van der Waals surface area contributed by atoms with Gasteiger partial charge >= 0.3 is 0 Å². The molecular weight excluding hydrogens is 552 g/mol. The van der Waals surface area contributed by atoms with E-state index < -0.39 is 138 Å². The van der Waals surface area contributed by atoms with Gasteiger partial charge in [0.25, 0.3) is 0 Å². The van der Waals surface area contributed by atoms with Crippen LogP contribution < -0.4 is 0 Å². The second-order valence-electron chi connectivity index (χ2n) is 11.6. The Morgan fingerprint density at radius 3 is 2.14 bits per heavy atom. The number of aryl methyl sites for hydroxylation is 1. The molecule has 7 N–H and O–H groups in total. The number of carbonyl (C=O) groups excluding carboxylic acids is 5. The highest BCUT2D eigenvalue weighted by molar-refractivity contribution is 6.30. The van der Waals surface area contributed by atoms with E-state index >= 15 is 0 Å². The number of phenols is 4. The van der Waals surface area contributed by atoms with Gasteiger partial charge in [-0.05, 0) is 31.6 Å². The molecule has 0 heterocycles. The number of aliphatic hydroxyl groups is 3. The summed E-state index contributed by atoms with van der Waals surface area (Å²) in [6, 6.07) is 1.09. The van der Waals surface area contributed by atoms with E-state index in [0.717, 1.165) is 12.1 Å². The third-order valence-electron chi connectivity index (χ3n) is 9.69. The molecule has 2 saturated carbocycles. The molecule has 0 amide bonds. The average Bonchev–Trinajstić information content (AvgIpc) is 2.90. The number of fused-ring (bicyclic) bond motifs is 3. The minimum Gasteiger partial charge on any atom is -0.507 e. The normalized spacial score (nSPS) is 30.9. The highest BCUT2D eigenvalue weighted by atomic mass is 16.3. The van der Waals surface area contributed by atoms with Gasteiger partial charge in [0.15, 0.2) is 28.9 Å². The van der Waals surface area contributed by atoms with Gasteiger partial charge in [-0.1, -0.05) is 0 Å². The molecule has 6 unspecified atom stereocenters. The quantitative estimate of drug-likeness (QED) is 0.241. The van der Waals surface area contributed by atoms with Crippen molar-refractivity contribution in [2.45, 2.75) is 38.4 Å². The topological polar surface area (TPSA) is 227 Å². The molecular formula is C30H22O12. The molecule has 2 aromatic carbocycles. The summed E-state index contributed by atoms with van der Waals surface area (Å²) in [6.07, 6.45) is -3.13. The van der Waals surface area contributed by atoms with Gasteiger partial charge < -0.3 is 35.7 Å². The smallest absolute Gasteiger partial charge is 0.193 e. The number of allylic oxidation sites excluding steroid dienone is 3. The maximum Gasteiger partial charge on any atom is 0.193 e. The molecule has 0 saturated heterocycles. The molecule has 5 aliphatic rings. The average molecular weight is 574 g/mol. The Morgan fingerprint density at radius 1 is 0.810 bits per heavy atom. The van der Waals surface area contributed by atoms with Crippen molar-refractivity contribution in [2.24, 2.45) is 17.3 Å². The molecule has 7 rings (SSSR count). The molecule has 2 fully saturated rings. The zero-order chi connectivity index (χ0) is 30.5. The van der Waals surface area contributed by atoms with Crippen LogP contribution in [0.4, 0.5) is 0 Å². The van der Waals surface area contributed by atoms with Crippen molar-refractivity contribution in [3.63, 3.8) is 0 Å². The molecule has 0 aliphatic heterocycles. The third kappa shape index (κ3) is 2.54. The molecule has 0 aromatic heterocycles. The molecule has 5 aliphatic carbocycles. The molecule has 2 aromatic rings. The molecule has 1 spiro atoms. The Morgan fingerprint density at radius 2 is 1.48 bits per heavy atom. The molecule has 214 valence electrons. The zero-order valence-corrected chi connectivity index (χ0v) is 21.9. The molecule has 0 bridgehead atoms. The number of benzene rings is 2. The summed E-state index contributed by atoms with van der Waals surface area (Å²) >= 11 is 0. The first-order valence-corrected chi connectivity index (χ1v) is 13.1. The fourth-order valence-electron chi connectivity index (χ4n) is 7.97. The monoisotopic (exact) mass is 574 g/mol. The number of hydrogen-bond donors (Lipinski definition) is 7. The van der Waals surface area contributed by atoms with Crippen LogP contribution in [0.5, 0.6) is 23.0 Å². The van der Waals surface area contributed by atoms with Crippen LogP contribution in [0.2, 0.25) is 0 Å². The number of ketones is 5. The summed E-state index contributed by atoms with van der Waals surface area (Å²) in [5.41, 5.74) is -5.81. The Labute approximate surface area is 235 Å². The summed E-state index contributed by atoms with van der Waals surface area (Å²) in [4.78, 5) is 66.3. The van der Waals surface area contributed by atoms with Crippen LogP contribution in [0.15, 0.2) is 23.3 Å². The van der Waals surface area contributed by atoms with E-state index in [4.69, 9.17) is 0 Å². The molecule has 0 radical (unpaired) electrons. The first-order chi connectivity index (χ1) is 19.7. The fraction of sp³-hybridized carbons (Fsp3) is 0.300. The van der Waals surface area contributed by atoms with Crippen molar-refractivity contribution < 1.29 is 59.7 Å². The maximum atomic E-state index is 14.2. The Kier molecular flexibility index (Phi) is 4.80. The van der Waals surface area contributed by atoms with Crippen molar-refractivity contribution in [1.82, 2.24) is 0 Å². The SMILES string of the molecule is CC1=CC(=O)c2c(O)c3c(c(O)c2C1=O)C(C1C(O)C2C(=O)C4=C(O)c5c(O)cc(C)c(O)c5C(=O)C421)C(O)CC3=O. The van der Waals surface area contributed by atoms with Gasteiger partial charge in [0.2, 0.25) is 0 Å². The minimum absolute atomic E-state index is 0.0697. The molecule has 42 heavy (non-hydrogen) atoms. The summed E-state index contributed by atoms with van der Waals surface area (Å²) in [6.45, 7) is 2.69. The predicted molar refractivity (Wildman–Crippen MR) is 139 cm³/mol. The van der Waals surface area contributed by atoms with Crippen LogP contribution in [-0.4, -0.2) is 76.9 Å². The second kappa shape index (κ2) is 7.72.